The van der Waals surface area contributed by atoms with Gasteiger partial charge in [0.05, 0.1) is 40.1 Å². The van der Waals surface area contributed by atoms with Crippen molar-refractivity contribution in [3.63, 3.8) is 0 Å². The average molecular weight is 586 g/mol. The van der Waals surface area contributed by atoms with E-state index in [-0.39, 0.29) is 39.3 Å². The van der Waals surface area contributed by atoms with Gasteiger partial charge < -0.3 is 16.2 Å². The lowest BCUT2D eigenvalue weighted by Gasteiger charge is -2.10. The van der Waals surface area contributed by atoms with Crippen molar-refractivity contribution in [3.8, 4) is 5.75 Å². The van der Waals surface area contributed by atoms with Gasteiger partial charge in [0.25, 0.3) is 0 Å². The van der Waals surface area contributed by atoms with Gasteiger partial charge in [-0.2, -0.15) is 15.0 Å². The summed E-state index contributed by atoms with van der Waals surface area (Å²) in [6.45, 7) is 0. The molecule has 0 amide bonds. The second kappa shape index (κ2) is 12.5. The van der Waals surface area contributed by atoms with Gasteiger partial charge in [-0.3, -0.25) is 0 Å². The predicted octanol–water partition coefficient (Wildman–Crippen LogP) is 6.64. The molecule has 0 radical (unpaired) electrons. The summed E-state index contributed by atoms with van der Waals surface area (Å²) in [4.78, 5) is 12.3. The largest absolute Gasteiger partial charge is 0.507 e. The lowest BCUT2D eigenvalue weighted by molar-refractivity contribution is -0.432. The number of halogens is 2. The van der Waals surface area contributed by atoms with E-state index in [0.29, 0.717) is 50.3 Å². The fourth-order valence-corrected chi connectivity index (χ4v) is 4.31. The molecular weight excluding hydrogens is 573 g/mol. The van der Waals surface area contributed by atoms with Gasteiger partial charge in [0.1, 0.15) is 17.1 Å². The molecule has 37 heavy (non-hydrogen) atoms. The number of azo groups is 1. The first-order chi connectivity index (χ1) is 17.9. The molecule has 192 valence electrons. The summed E-state index contributed by atoms with van der Waals surface area (Å²) in [5.74, 6) is -0.0780. The Bertz CT molecular complexity index is 1450. The van der Waals surface area contributed by atoms with Crippen LogP contribution in [0.2, 0.25) is 10.6 Å². The van der Waals surface area contributed by atoms with Crippen LogP contribution in [0, 0.1) is 0 Å². The summed E-state index contributed by atoms with van der Waals surface area (Å²) < 4.78 is 8.98. The molecule has 1 aromatic heterocycles. The Morgan fingerprint density at radius 1 is 0.892 bits per heavy atom. The fraction of sp³-hybridized carbons (Fsp3) is 0. The van der Waals surface area contributed by atoms with Gasteiger partial charge in [0, 0.05) is 10.6 Å². The van der Waals surface area contributed by atoms with Crippen LogP contribution in [0.3, 0.4) is 0 Å². The molecule has 3 aromatic carbocycles. The van der Waals surface area contributed by atoms with Crippen molar-refractivity contribution < 1.29 is 34.4 Å². The summed E-state index contributed by atoms with van der Waals surface area (Å²) in [5.41, 5.74) is 7.31. The van der Waals surface area contributed by atoms with E-state index in [1.54, 1.807) is 36.4 Å². The second-order valence-corrected chi connectivity index (χ2v) is 8.89. The number of phenolic OH excluding ortho intramolecular Hbond substituents is 1. The van der Waals surface area contributed by atoms with Crippen LogP contribution in [0.1, 0.15) is 0 Å². The van der Waals surface area contributed by atoms with Crippen molar-refractivity contribution in [3.05, 3.63) is 53.0 Å². The number of nitrogens with zero attached hydrogens (tertiary/aromatic N) is 5. The third-order valence-electron chi connectivity index (χ3n) is 4.44. The number of aromatic hydroxyl groups is 1. The van der Waals surface area contributed by atoms with Gasteiger partial charge in [-0.15, -0.1) is 18.9 Å². The SMILES string of the molecule is Nc1ccc2cc(SOOO)cc(O)c2c1/N=N/c1ccc(Nc2nc(Cl)nc(Cl)n2)cc1SOOO. The Kier molecular flexibility index (Phi) is 9.11. The maximum atomic E-state index is 10.6. The van der Waals surface area contributed by atoms with Gasteiger partial charge >= 0.3 is 0 Å². The quantitative estimate of drug-likeness (QED) is 0.0435. The first-order valence-corrected chi connectivity index (χ1v) is 11.9. The molecule has 0 aliphatic heterocycles. The number of benzene rings is 3. The molecule has 0 bridgehead atoms. The molecule has 1 heterocycles. The Morgan fingerprint density at radius 3 is 2.35 bits per heavy atom. The maximum Gasteiger partial charge on any atom is 0.232 e. The van der Waals surface area contributed by atoms with E-state index in [2.05, 4.69) is 49.2 Å². The zero-order chi connectivity index (χ0) is 26.4. The number of hydrogen-bond donors (Lipinski definition) is 5. The standard InChI is InChI=1S/C19H13Cl2N7O7S2/c20-17-24-18(21)26-19(25-17)23-9-2-4-12(14(6-9)37-35-33-31)27-28-16-11(22)3-1-8-5-10(36-34-32-30)7-13(29)15(8)16/h1-7,29-31H,22H2,(H,23,24,25,26)/b28-27+. The molecule has 18 heteroatoms. The molecule has 0 aliphatic rings. The topological polar surface area (TPSA) is 199 Å². The van der Waals surface area contributed by atoms with Crippen molar-refractivity contribution in [2.24, 2.45) is 10.2 Å². The fourth-order valence-electron chi connectivity index (χ4n) is 3.03. The van der Waals surface area contributed by atoms with E-state index in [4.69, 9.17) is 39.5 Å². The number of anilines is 3. The van der Waals surface area contributed by atoms with Crippen LogP contribution < -0.4 is 11.1 Å². The van der Waals surface area contributed by atoms with Crippen LogP contribution in [-0.2, 0) is 18.7 Å². The van der Waals surface area contributed by atoms with E-state index in [9.17, 15) is 5.11 Å². The predicted molar refractivity (Wildman–Crippen MR) is 135 cm³/mol. The second-order valence-electron chi connectivity index (χ2n) is 6.70. The van der Waals surface area contributed by atoms with Gasteiger partial charge in [-0.25, -0.2) is 10.5 Å². The Balaban J connectivity index is 1.68. The minimum Gasteiger partial charge on any atom is -0.507 e. The van der Waals surface area contributed by atoms with Crippen molar-refractivity contribution in [1.82, 2.24) is 15.0 Å². The van der Waals surface area contributed by atoms with Crippen molar-refractivity contribution in [2.75, 3.05) is 11.1 Å². The molecule has 4 rings (SSSR count). The molecule has 0 aliphatic carbocycles. The van der Waals surface area contributed by atoms with Crippen LogP contribution in [0.5, 0.6) is 5.75 Å². The molecule has 0 spiro atoms. The van der Waals surface area contributed by atoms with E-state index < -0.39 is 0 Å². The van der Waals surface area contributed by atoms with Crippen LogP contribution in [0.4, 0.5) is 28.7 Å². The summed E-state index contributed by atoms with van der Waals surface area (Å²) in [6, 6.07) is 11.1. The van der Waals surface area contributed by atoms with Crippen LogP contribution in [0.15, 0.2) is 62.5 Å². The van der Waals surface area contributed by atoms with Crippen molar-refractivity contribution >= 4 is 86.8 Å². The molecule has 6 N–H and O–H groups in total. The number of fused-ring (bicyclic) bond motifs is 1. The molecule has 4 aromatic rings. The number of nitrogens with one attached hydrogen (secondary N) is 1. The number of phenols is 1. The molecule has 0 atom stereocenters. The first kappa shape index (κ1) is 27.0. The smallest absolute Gasteiger partial charge is 0.232 e. The van der Waals surface area contributed by atoms with Crippen LogP contribution in [0.25, 0.3) is 10.8 Å². The van der Waals surface area contributed by atoms with Crippen LogP contribution in [-0.4, -0.2) is 30.6 Å². The minimum absolute atomic E-state index is 0.0853. The molecule has 0 fully saturated rings. The molecular formula is C19H13Cl2N7O7S2. The highest BCUT2D eigenvalue weighted by Gasteiger charge is 2.14. The minimum atomic E-state index is -0.163. The number of nitrogen functional groups attached to an aromatic ring is 1. The van der Waals surface area contributed by atoms with Gasteiger partial charge in [-0.05, 0) is 65.0 Å². The molecule has 14 nitrogen and oxygen atoms in total. The maximum absolute atomic E-state index is 10.6. The zero-order valence-electron chi connectivity index (χ0n) is 17.9. The van der Waals surface area contributed by atoms with E-state index in [1.807, 2.05) is 0 Å². The van der Waals surface area contributed by atoms with E-state index in [1.165, 1.54) is 6.07 Å². The zero-order valence-corrected chi connectivity index (χ0v) is 21.0. The molecule has 0 saturated carbocycles. The van der Waals surface area contributed by atoms with Gasteiger partial charge in [-0.1, -0.05) is 16.1 Å². The third-order valence-corrected chi connectivity index (χ3v) is 5.97. The Labute approximate surface area is 225 Å². The number of nitrogens with two attached hydrogens (primary N) is 1. The van der Waals surface area contributed by atoms with Gasteiger partial charge in [0.15, 0.2) is 0 Å². The van der Waals surface area contributed by atoms with Crippen molar-refractivity contribution in [2.45, 2.75) is 9.79 Å². The monoisotopic (exact) mass is 585 g/mol. The number of aromatic nitrogens is 3. The Hall–Kier alpha value is -3.03. The molecule has 0 saturated heterocycles. The van der Waals surface area contributed by atoms with E-state index in [0.717, 1.165) is 0 Å². The molecule has 0 unspecified atom stereocenters. The lowest BCUT2D eigenvalue weighted by Crippen LogP contribution is -1.99. The number of hydrogen-bond acceptors (Lipinski definition) is 16. The normalized spacial score (nSPS) is 11.5. The summed E-state index contributed by atoms with van der Waals surface area (Å²) >= 11 is 12.9. The summed E-state index contributed by atoms with van der Waals surface area (Å²) in [6.07, 6.45) is 0. The van der Waals surface area contributed by atoms with Crippen molar-refractivity contribution in [1.29, 1.82) is 0 Å². The highest BCUT2D eigenvalue weighted by Crippen LogP contribution is 2.42. The highest BCUT2D eigenvalue weighted by molar-refractivity contribution is 7.94. The first-order valence-electron chi connectivity index (χ1n) is 9.62. The number of rotatable bonds is 10. The third kappa shape index (κ3) is 6.84. The Morgan fingerprint density at radius 2 is 1.62 bits per heavy atom. The van der Waals surface area contributed by atoms with Gasteiger partial charge in [0.2, 0.25) is 16.5 Å². The summed E-state index contributed by atoms with van der Waals surface area (Å²) in [5, 5.41) is 46.9. The average Bonchev–Trinajstić information content (AvgIpc) is 2.86. The van der Waals surface area contributed by atoms with E-state index >= 15 is 0 Å². The van der Waals surface area contributed by atoms with Crippen LogP contribution >= 0.6 is 47.3 Å². The highest BCUT2D eigenvalue weighted by atomic mass is 35.5. The summed E-state index contributed by atoms with van der Waals surface area (Å²) in [7, 11) is 0. The lowest BCUT2D eigenvalue weighted by atomic mass is 10.1.